The Morgan fingerprint density at radius 2 is 2.32 bits per heavy atom. The molecule has 0 aromatic carbocycles. The van der Waals surface area contributed by atoms with Crippen LogP contribution in [0.25, 0.3) is 0 Å². The average Bonchev–Trinajstić information content (AvgIpc) is 2.70. The van der Waals surface area contributed by atoms with Crippen molar-refractivity contribution in [3.8, 4) is 0 Å². The van der Waals surface area contributed by atoms with E-state index in [2.05, 4.69) is 37.1 Å². The maximum Gasteiger partial charge on any atom is 0.120 e. The monoisotopic (exact) mass is 266 g/mol. The van der Waals surface area contributed by atoms with Crippen LogP contribution in [0, 0.1) is 6.92 Å². The summed E-state index contributed by atoms with van der Waals surface area (Å²) in [6.45, 7) is 12.0. The Kier molecular flexibility index (Phi) is 5.43. The molecular weight excluding hydrogens is 240 g/mol. The van der Waals surface area contributed by atoms with Gasteiger partial charge in [-0.3, -0.25) is 4.90 Å². The fraction of sp³-hybridized carbons (Fsp3) is 0.733. The normalized spacial score (nSPS) is 20.9. The quantitative estimate of drug-likeness (QED) is 0.802. The lowest BCUT2D eigenvalue weighted by atomic mass is 10.2. The third kappa shape index (κ3) is 4.34. The van der Waals surface area contributed by atoms with Crippen LogP contribution in [0.3, 0.4) is 0 Å². The molecule has 4 heteroatoms. The molecule has 1 aliphatic heterocycles. The van der Waals surface area contributed by atoms with Crippen LogP contribution in [-0.4, -0.2) is 37.2 Å². The molecule has 19 heavy (non-hydrogen) atoms. The standard InChI is InChI=1S/C15H26N2O2/c1-4-5-16-9-15-12(2)8-14(19-15)11-17-6-7-18-13(3)10-17/h8,13,16H,4-7,9-11H2,1-3H3. The van der Waals surface area contributed by atoms with Crippen LogP contribution in [0.4, 0.5) is 0 Å². The topological polar surface area (TPSA) is 37.6 Å². The summed E-state index contributed by atoms with van der Waals surface area (Å²) in [5.41, 5.74) is 1.25. The van der Waals surface area contributed by atoms with Crippen LogP contribution >= 0.6 is 0 Å². The highest BCUT2D eigenvalue weighted by Gasteiger charge is 2.18. The summed E-state index contributed by atoms with van der Waals surface area (Å²) in [5, 5.41) is 3.39. The van der Waals surface area contributed by atoms with Crippen molar-refractivity contribution < 1.29 is 9.15 Å². The predicted molar refractivity (Wildman–Crippen MR) is 76.1 cm³/mol. The van der Waals surface area contributed by atoms with E-state index in [4.69, 9.17) is 9.15 Å². The highest BCUT2D eigenvalue weighted by Crippen LogP contribution is 2.17. The number of morpholine rings is 1. The van der Waals surface area contributed by atoms with E-state index in [-0.39, 0.29) is 0 Å². The zero-order valence-corrected chi connectivity index (χ0v) is 12.4. The first-order chi connectivity index (χ1) is 9.19. The fourth-order valence-electron chi connectivity index (χ4n) is 2.48. The molecule has 1 aromatic rings. The third-order valence-corrected chi connectivity index (χ3v) is 3.49. The number of nitrogens with zero attached hydrogens (tertiary/aromatic N) is 1. The lowest BCUT2D eigenvalue weighted by molar-refractivity contribution is -0.0231. The second kappa shape index (κ2) is 7.08. The minimum absolute atomic E-state index is 0.329. The molecule has 4 nitrogen and oxygen atoms in total. The first-order valence-corrected chi connectivity index (χ1v) is 7.32. The Hall–Kier alpha value is -0.840. The van der Waals surface area contributed by atoms with Crippen molar-refractivity contribution in [3.05, 3.63) is 23.2 Å². The molecule has 1 aromatic heterocycles. The average molecular weight is 266 g/mol. The molecule has 1 saturated heterocycles. The second-order valence-electron chi connectivity index (χ2n) is 5.41. The summed E-state index contributed by atoms with van der Waals surface area (Å²) in [5.74, 6) is 2.14. The molecule has 0 radical (unpaired) electrons. The number of aryl methyl sites for hydroxylation is 1. The van der Waals surface area contributed by atoms with E-state index in [0.29, 0.717) is 6.10 Å². The van der Waals surface area contributed by atoms with Crippen LogP contribution in [0.5, 0.6) is 0 Å². The van der Waals surface area contributed by atoms with Crippen LogP contribution in [0.1, 0.15) is 37.4 Å². The molecule has 108 valence electrons. The van der Waals surface area contributed by atoms with Crippen LogP contribution in [0.2, 0.25) is 0 Å². The molecule has 0 amide bonds. The van der Waals surface area contributed by atoms with Gasteiger partial charge in [-0.1, -0.05) is 6.92 Å². The Labute approximate surface area is 116 Å². The van der Waals surface area contributed by atoms with Crippen LogP contribution in [0.15, 0.2) is 10.5 Å². The lowest BCUT2D eigenvalue weighted by Gasteiger charge is -2.30. The molecule has 0 aliphatic carbocycles. The lowest BCUT2D eigenvalue weighted by Crippen LogP contribution is -2.40. The molecule has 1 N–H and O–H groups in total. The maximum absolute atomic E-state index is 5.95. The number of furan rings is 1. The molecule has 0 bridgehead atoms. The van der Waals surface area contributed by atoms with E-state index in [1.54, 1.807) is 0 Å². The Morgan fingerprint density at radius 3 is 3.05 bits per heavy atom. The summed E-state index contributed by atoms with van der Waals surface area (Å²) in [6, 6.07) is 2.17. The van der Waals surface area contributed by atoms with Gasteiger partial charge in [0, 0.05) is 13.1 Å². The van der Waals surface area contributed by atoms with E-state index in [1.165, 1.54) is 5.56 Å². The zero-order chi connectivity index (χ0) is 13.7. The summed E-state index contributed by atoms with van der Waals surface area (Å²) in [4.78, 5) is 2.40. The molecule has 1 fully saturated rings. The molecule has 1 atom stereocenters. The molecule has 0 spiro atoms. The highest BCUT2D eigenvalue weighted by molar-refractivity contribution is 5.20. The largest absolute Gasteiger partial charge is 0.463 e. The summed E-state index contributed by atoms with van der Waals surface area (Å²) >= 11 is 0. The Balaban J connectivity index is 1.88. The molecule has 0 saturated carbocycles. The minimum atomic E-state index is 0.329. The molecule has 1 aliphatic rings. The van der Waals surface area contributed by atoms with Crippen molar-refractivity contribution in [2.45, 2.75) is 46.4 Å². The first-order valence-electron chi connectivity index (χ1n) is 7.32. The fourth-order valence-corrected chi connectivity index (χ4v) is 2.48. The summed E-state index contributed by atoms with van der Waals surface area (Å²) in [6.07, 6.45) is 1.48. The molecular formula is C15H26N2O2. The predicted octanol–water partition coefficient (Wildman–Crippen LogP) is 2.31. The van der Waals surface area contributed by atoms with Gasteiger partial charge in [0.1, 0.15) is 11.5 Å². The van der Waals surface area contributed by atoms with Crippen molar-refractivity contribution in [1.29, 1.82) is 0 Å². The van der Waals surface area contributed by atoms with E-state index >= 15 is 0 Å². The summed E-state index contributed by atoms with van der Waals surface area (Å²) < 4.78 is 11.5. The highest BCUT2D eigenvalue weighted by atomic mass is 16.5. The SMILES string of the molecule is CCCNCc1oc(CN2CCOC(C)C2)cc1C. The van der Waals surface area contributed by atoms with E-state index < -0.39 is 0 Å². The molecule has 2 rings (SSSR count). The molecule has 1 unspecified atom stereocenters. The van der Waals surface area contributed by atoms with Gasteiger partial charge in [-0.2, -0.15) is 0 Å². The van der Waals surface area contributed by atoms with Gasteiger partial charge < -0.3 is 14.5 Å². The number of hydrogen-bond acceptors (Lipinski definition) is 4. The zero-order valence-electron chi connectivity index (χ0n) is 12.4. The second-order valence-corrected chi connectivity index (χ2v) is 5.41. The summed E-state index contributed by atoms with van der Waals surface area (Å²) in [7, 11) is 0. The van der Waals surface area contributed by atoms with Gasteiger partial charge in [0.15, 0.2) is 0 Å². The van der Waals surface area contributed by atoms with Gasteiger partial charge in [-0.05, 0) is 38.4 Å². The van der Waals surface area contributed by atoms with Gasteiger partial charge >= 0.3 is 0 Å². The number of rotatable bonds is 6. The van der Waals surface area contributed by atoms with E-state index in [0.717, 1.165) is 57.3 Å². The van der Waals surface area contributed by atoms with Gasteiger partial charge in [-0.15, -0.1) is 0 Å². The number of nitrogens with one attached hydrogen (secondary N) is 1. The molecule has 2 heterocycles. The Bertz CT molecular complexity index is 389. The van der Waals surface area contributed by atoms with Gasteiger partial charge in [-0.25, -0.2) is 0 Å². The number of hydrogen-bond donors (Lipinski definition) is 1. The third-order valence-electron chi connectivity index (χ3n) is 3.49. The van der Waals surface area contributed by atoms with E-state index in [9.17, 15) is 0 Å². The van der Waals surface area contributed by atoms with E-state index in [1.807, 2.05) is 0 Å². The van der Waals surface area contributed by atoms with Crippen LogP contribution in [-0.2, 0) is 17.8 Å². The van der Waals surface area contributed by atoms with Crippen molar-refractivity contribution in [2.24, 2.45) is 0 Å². The minimum Gasteiger partial charge on any atom is -0.463 e. The van der Waals surface area contributed by atoms with Crippen molar-refractivity contribution in [3.63, 3.8) is 0 Å². The number of ether oxygens (including phenoxy) is 1. The van der Waals surface area contributed by atoms with Crippen molar-refractivity contribution >= 4 is 0 Å². The van der Waals surface area contributed by atoms with Gasteiger partial charge in [0.25, 0.3) is 0 Å². The first kappa shape index (κ1) is 14.6. The van der Waals surface area contributed by atoms with Gasteiger partial charge in [0.05, 0.1) is 25.8 Å². The van der Waals surface area contributed by atoms with Crippen LogP contribution < -0.4 is 5.32 Å². The Morgan fingerprint density at radius 1 is 1.47 bits per heavy atom. The van der Waals surface area contributed by atoms with Crippen molar-refractivity contribution in [2.75, 3.05) is 26.2 Å². The van der Waals surface area contributed by atoms with Crippen molar-refractivity contribution in [1.82, 2.24) is 10.2 Å². The van der Waals surface area contributed by atoms with Gasteiger partial charge in [0.2, 0.25) is 0 Å². The smallest absolute Gasteiger partial charge is 0.120 e. The maximum atomic E-state index is 5.95.